The number of carbonyl (C=O) groups is 2. The summed E-state index contributed by atoms with van der Waals surface area (Å²) < 4.78 is 0. The van der Waals surface area contributed by atoms with E-state index in [4.69, 9.17) is 5.11 Å². The van der Waals surface area contributed by atoms with Crippen molar-refractivity contribution in [1.29, 1.82) is 0 Å². The van der Waals surface area contributed by atoms with Crippen LogP contribution in [0.5, 0.6) is 0 Å². The van der Waals surface area contributed by atoms with Crippen LogP contribution in [0.3, 0.4) is 0 Å². The summed E-state index contributed by atoms with van der Waals surface area (Å²) in [7, 11) is 0. The van der Waals surface area contributed by atoms with Gasteiger partial charge in [0.25, 0.3) is 5.91 Å². The average Bonchev–Trinajstić information content (AvgIpc) is 2.48. The number of pyridine rings is 1. The predicted molar refractivity (Wildman–Crippen MR) is 79.8 cm³/mol. The number of benzene rings is 1. The van der Waals surface area contributed by atoms with Crippen molar-refractivity contribution in [1.82, 2.24) is 10.3 Å². The molecule has 6 heteroatoms. The van der Waals surface area contributed by atoms with E-state index in [1.807, 2.05) is 6.92 Å². The third kappa shape index (κ3) is 3.82. The van der Waals surface area contributed by atoms with Crippen molar-refractivity contribution in [3.8, 4) is 0 Å². The highest BCUT2D eigenvalue weighted by Crippen LogP contribution is 2.30. The van der Waals surface area contributed by atoms with Gasteiger partial charge in [-0.1, -0.05) is 23.9 Å². The summed E-state index contributed by atoms with van der Waals surface area (Å²) in [5.74, 6) is -1.22. The lowest BCUT2D eigenvalue weighted by Gasteiger charge is -2.07. The minimum atomic E-state index is -0.976. The topological polar surface area (TPSA) is 79.3 Å². The van der Waals surface area contributed by atoms with Crippen molar-refractivity contribution >= 4 is 23.6 Å². The van der Waals surface area contributed by atoms with Gasteiger partial charge >= 0.3 is 5.97 Å². The number of hydrogen-bond donors (Lipinski definition) is 2. The van der Waals surface area contributed by atoms with Gasteiger partial charge in [0.15, 0.2) is 0 Å². The zero-order valence-electron chi connectivity index (χ0n) is 11.4. The molecule has 5 nitrogen and oxygen atoms in total. The van der Waals surface area contributed by atoms with Crippen LogP contribution in [0.4, 0.5) is 0 Å². The maximum absolute atomic E-state index is 11.7. The van der Waals surface area contributed by atoms with E-state index < -0.39 is 5.97 Å². The largest absolute Gasteiger partial charge is 0.478 e. The quantitative estimate of drug-likeness (QED) is 0.887. The number of aromatic nitrogens is 1. The first-order valence-electron chi connectivity index (χ1n) is 6.36. The van der Waals surface area contributed by atoms with E-state index in [-0.39, 0.29) is 11.5 Å². The second-order valence-electron chi connectivity index (χ2n) is 4.14. The normalized spacial score (nSPS) is 10.1. The highest BCUT2D eigenvalue weighted by molar-refractivity contribution is 7.99. The molecule has 2 N–H and O–H groups in total. The predicted octanol–water partition coefficient (Wildman–Crippen LogP) is 2.68. The number of hydrogen-bond acceptors (Lipinski definition) is 4. The van der Waals surface area contributed by atoms with Gasteiger partial charge in [0.1, 0.15) is 5.69 Å². The first-order valence-corrected chi connectivity index (χ1v) is 7.18. The number of carbonyl (C=O) groups excluding carboxylic acids is 1. The molecule has 1 heterocycles. The fourth-order valence-corrected chi connectivity index (χ4v) is 2.67. The highest BCUT2D eigenvalue weighted by atomic mass is 32.2. The summed E-state index contributed by atoms with van der Waals surface area (Å²) in [5.41, 5.74) is 0.550. The Morgan fingerprint density at radius 2 is 2.05 bits per heavy atom. The molecule has 0 aliphatic rings. The van der Waals surface area contributed by atoms with Crippen molar-refractivity contribution in [3.05, 3.63) is 53.9 Å². The first kappa shape index (κ1) is 15.1. The van der Waals surface area contributed by atoms with Crippen LogP contribution in [0.2, 0.25) is 0 Å². The first-order chi connectivity index (χ1) is 10.1. The van der Waals surface area contributed by atoms with Crippen molar-refractivity contribution < 1.29 is 14.7 Å². The number of nitrogens with one attached hydrogen (secondary N) is 1. The van der Waals surface area contributed by atoms with Crippen LogP contribution in [0.15, 0.2) is 52.4 Å². The van der Waals surface area contributed by atoms with Crippen LogP contribution >= 0.6 is 11.8 Å². The van der Waals surface area contributed by atoms with Gasteiger partial charge in [0.05, 0.1) is 5.56 Å². The van der Waals surface area contributed by atoms with Crippen LogP contribution in [-0.2, 0) is 0 Å². The molecule has 1 aromatic carbocycles. The summed E-state index contributed by atoms with van der Waals surface area (Å²) >= 11 is 1.29. The Morgan fingerprint density at radius 3 is 2.76 bits per heavy atom. The number of carboxylic acid groups (broad SMARTS) is 1. The van der Waals surface area contributed by atoms with E-state index >= 15 is 0 Å². The molecule has 2 rings (SSSR count). The Labute approximate surface area is 126 Å². The van der Waals surface area contributed by atoms with E-state index in [1.165, 1.54) is 18.0 Å². The van der Waals surface area contributed by atoms with Gasteiger partial charge in [-0.25, -0.2) is 4.79 Å². The Morgan fingerprint density at radius 1 is 1.29 bits per heavy atom. The summed E-state index contributed by atoms with van der Waals surface area (Å²) in [6.45, 7) is 2.36. The molecule has 0 spiro atoms. The maximum Gasteiger partial charge on any atom is 0.336 e. The van der Waals surface area contributed by atoms with E-state index in [9.17, 15) is 9.59 Å². The number of carboxylic acids is 1. The average molecular weight is 302 g/mol. The molecule has 0 saturated heterocycles. The third-order valence-electron chi connectivity index (χ3n) is 2.65. The van der Waals surface area contributed by atoms with Crippen molar-refractivity contribution in [2.24, 2.45) is 0 Å². The van der Waals surface area contributed by atoms with E-state index in [0.29, 0.717) is 17.1 Å². The Bertz CT molecular complexity index is 673. The summed E-state index contributed by atoms with van der Waals surface area (Å²) in [4.78, 5) is 28.3. The van der Waals surface area contributed by atoms with Gasteiger partial charge in [0, 0.05) is 22.5 Å². The van der Waals surface area contributed by atoms with Crippen LogP contribution in [0.25, 0.3) is 0 Å². The van der Waals surface area contributed by atoms with E-state index in [1.54, 1.807) is 36.4 Å². The minimum absolute atomic E-state index is 0.235. The molecule has 0 unspecified atom stereocenters. The van der Waals surface area contributed by atoms with Gasteiger partial charge in [-0.15, -0.1) is 0 Å². The molecular weight excluding hydrogens is 288 g/mol. The minimum Gasteiger partial charge on any atom is -0.478 e. The fourth-order valence-electron chi connectivity index (χ4n) is 1.71. The molecule has 0 radical (unpaired) electrons. The molecule has 2 aromatic rings. The Kier molecular flexibility index (Phi) is 4.94. The lowest BCUT2D eigenvalue weighted by atomic mass is 10.2. The van der Waals surface area contributed by atoms with Gasteiger partial charge in [-0.05, 0) is 31.2 Å². The van der Waals surface area contributed by atoms with Crippen molar-refractivity contribution in [2.45, 2.75) is 16.7 Å². The molecule has 108 valence electrons. The smallest absolute Gasteiger partial charge is 0.336 e. The lowest BCUT2D eigenvalue weighted by Crippen LogP contribution is -2.23. The van der Waals surface area contributed by atoms with E-state index in [2.05, 4.69) is 10.3 Å². The number of aromatic carboxylic acids is 1. The molecule has 0 saturated carbocycles. The molecule has 0 aliphatic carbocycles. The lowest BCUT2D eigenvalue weighted by molar-refractivity contribution is 0.0693. The Balaban J connectivity index is 2.26. The summed E-state index contributed by atoms with van der Waals surface area (Å²) in [6, 6.07) is 10.1. The zero-order valence-corrected chi connectivity index (χ0v) is 12.2. The standard InChI is InChI=1S/C15H14N2O3S/c1-2-16-14(18)12-9-10(7-8-17-12)21-13-6-4-3-5-11(13)15(19)20/h3-9H,2H2,1H3,(H,16,18)(H,19,20). The van der Waals surface area contributed by atoms with Crippen LogP contribution in [-0.4, -0.2) is 28.5 Å². The Hall–Kier alpha value is -2.34. The monoisotopic (exact) mass is 302 g/mol. The number of amides is 1. The molecule has 0 bridgehead atoms. The molecule has 0 atom stereocenters. The van der Waals surface area contributed by atoms with Gasteiger partial charge in [0.2, 0.25) is 0 Å². The third-order valence-corrected chi connectivity index (χ3v) is 3.71. The summed E-state index contributed by atoms with van der Waals surface area (Å²) in [6.07, 6.45) is 1.54. The van der Waals surface area contributed by atoms with Crippen LogP contribution in [0, 0.1) is 0 Å². The molecule has 0 aliphatic heterocycles. The summed E-state index contributed by atoms with van der Waals surface area (Å²) in [5, 5.41) is 11.8. The highest BCUT2D eigenvalue weighted by Gasteiger charge is 2.12. The van der Waals surface area contributed by atoms with Crippen LogP contribution in [0.1, 0.15) is 27.8 Å². The van der Waals surface area contributed by atoms with Gasteiger partial charge in [-0.2, -0.15) is 0 Å². The van der Waals surface area contributed by atoms with Gasteiger partial charge < -0.3 is 10.4 Å². The van der Waals surface area contributed by atoms with Crippen LogP contribution < -0.4 is 5.32 Å². The zero-order chi connectivity index (χ0) is 15.2. The second kappa shape index (κ2) is 6.90. The maximum atomic E-state index is 11.7. The molecule has 0 fully saturated rings. The second-order valence-corrected chi connectivity index (χ2v) is 5.25. The van der Waals surface area contributed by atoms with Gasteiger partial charge in [-0.3, -0.25) is 9.78 Å². The fraction of sp³-hybridized carbons (Fsp3) is 0.133. The molecule has 21 heavy (non-hydrogen) atoms. The van der Waals surface area contributed by atoms with Crippen molar-refractivity contribution in [3.63, 3.8) is 0 Å². The van der Waals surface area contributed by atoms with E-state index in [0.717, 1.165) is 4.90 Å². The number of nitrogens with zero attached hydrogens (tertiary/aromatic N) is 1. The molecular formula is C15H14N2O3S. The molecule has 1 amide bonds. The number of rotatable bonds is 5. The molecule has 1 aromatic heterocycles. The van der Waals surface area contributed by atoms with Crippen molar-refractivity contribution in [2.75, 3.05) is 6.54 Å². The SMILES string of the molecule is CCNC(=O)c1cc(Sc2ccccc2C(=O)O)ccn1.